The Morgan fingerprint density at radius 1 is 1.29 bits per heavy atom. The van der Waals surface area contributed by atoms with Gasteiger partial charge < -0.3 is 17.2 Å². The number of phosphoric acid groups is 1. The summed E-state index contributed by atoms with van der Waals surface area (Å²) in [6.45, 7) is 0. The summed E-state index contributed by atoms with van der Waals surface area (Å²) in [6, 6.07) is 5.75. The summed E-state index contributed by atoms with van der Waals surface area (Å²) in [7, 11) is -4.44. The molecule has 6 N–H and O–H groups in total. The van der Waals surface area contributed by atoms with Gasteiger partial charge >= 0.3 is 37.4 Å². The molecule has 0 heterocycles. The number of hydrogen-bond donors (Lipinski definition) is 3. The fraction of sp³-hybridized carbons (Fsp3) is 0. The molecule has 0 amide bonds. The van der Waals surface area contributed by atoms with E-state index < -0.39 is 7.82 Å². The molecule has 8 heteroatoms. The van der Waals surface area contributed by atoms with Gasteiger partial charge in [-0.05, 0) is 24.3 Å². The van der Waals surface area contributed by atoms with Crippen LogP contribution in [0.5, 0.6) is 5.75 Å². The quantitative estimate of drug-likeness (QED) is 0.285. The van der Waals surface area contributed by atoms with Crippen molar-refractivity contribution >= 4 is 13.5 Å². The van der Waals surface area contributed by atoms with Gasteiger partial charge in [0, 0.05) is 5.69 Å². The maximum absolute atomic E-state index is 10.3. The summed E-state index contributed by atoms with van der Waals surface area (Å²) < 4.78 is 14.6. The maximum Gasteiger partial charge on any atom is 1.00 e. The number of benzene rings is 1. The Morgan fingerprint density at radius 2 is 1.71 bits per heavy atom. The van der Waals surface area contributed by atoms with E-state index in [4.69, 9.17) is 15.5 Å². The number of phosphoric ester groups is 1. The second kappa shape index (κ2) is 6.42. The Hall–Kier alpha value is -0.0700. The van der Waals surface area contributed by atoms with Gasteiger partial charge in [-0.2, -0.15) is 0 Å². The predicted molar refractivity (Wildman–Crippen MR) is 48.3 cm³/mol. The van der Waals surface area contributed by atoms with Crippen molar-refractivity contribution in [2.75, 3.05) is 5.73 Å². The van der Waals surface area contributed by atoms with Crippen molar-refractivity contribution in [1.29, 1.82) is 0 Å². The third-order valence-corrected chi connectivity index (χ3v) is 1.55. The van der Waals surface area contributed by atoms with E-state index in [1.165, 1.54) is 24.3 Å². The molecule has 6 nitrogen and oxygen atoms in total. The third kappa shape index (κ3) is 6.39. The smallest absolute Gasteiger partial charge is 1.00 e. The van der Waals surface area contributed by atoms with Gasteiger partial charge in [0.1, 0.15) is 5.75 Å². The normalized spacial score (nSPS) is 9.57. The first-order valence-corrected chi connectivity index (χ1v) is 4.61. The summed E-state index contributed by atoms with van der Waals surface area (Å²) in [4.78, 5) is 16.8. The van der Waals surface area contributed by atoms with Crippen LogP contribution < -0.4 is 39.8 Å². The standard InChI is InChI=1S/C6H8NO4P.Na.H2O.H/c7-5-1-3-6(4-2-5)11-12(8,9)10;;;/h1-4H,7H2,(H2,8,9,10);;1H2;/q;+1;;-1. The molecule has 0 aliphatic heterocycles. The van der Waals surface area contributed by atoms with Crippen molar-refractivity contribution < 1.29 is 55.3 Å². The van der Waals surface area contributed by atoms with E-state index in [0.29, 0.717) is 5.69 Å². The molecule has 0 radical (unpaired) electrons. The van der Waals surface area contributed by atoms with E-state index in [2.05, 4.69) is 4.52 Å². The van der Waals surface area contributed by atoms with E-state index in [1.54, 1.807) is 0 Å². The van der Waals surface area contributed by atoms with Crippen molar-refractivity contribution in [2.45, 2.75) is 0 Å². The van der Waals surface area contributed by atoms with Gasteiger partial charge in [0.15, 0.2) is 0 Å². The van der Waals surface area contributed by atoms with Crippen LogP contribution in [0.25, 0.3) is 0 Å². The van der Waals surface area contributed by atoms with Crippen LogP contribution in [-0.4, -0.2) is 15.3 Å². The fourth-order valence-corrected chi connectivity index (χ4v) is 1.06. The number of anilines is 1. The molecule has 0 bridgehead atoms. The van der Waals surface area contributed by atoms with E-state index in [1.807, 2.05) is 0 Å². The summed E-state index contributed by atoms with van der Waals surface area (Å²) in [6.07, 6.45) is 0. The zero-order valence-corrected chi connectivity index (χ0v) is 10.4. The molecule has 0 aliphatic carbocycles. The molecule has 14 heavy (non-hydrogen) atoms. The molecule has 0 fully saturated rings. The van der Waals surface area contributed by atoms with Gasteiger partial charge in [-0.1, -0.05) is 0 Å². The average molecular weight is 231 g/mol. The number of hydrogen-bond acceptors (Lipinski definition) is 3. The first-order chi connectivity index (χ1) is 5.47. The van der Waals surface area contributed by atoms with E-state index >= 15 is 0 Å². The van der Waals surface area contributed by atoms with Crippen molar-refractivity contribution in [1.82, 2.24) is 0 Å². The second-order valence-electron chi connectivity index (χ2n) is 2.15. The predicted octanol–water partition coefficient (Wildman–Crippen LogP) is -2.97. The van der Waals surface area contributed by atoms with Gasteiger partial charge in [0.2, 0.25) is 0 Å². The molecule has 1 aromatic carbocycles. The fourth-order valence-electron chi connectivity index (χ4n) is 0.666. The van der Waals surface area contributed by atoms with Crippen LogP contribution in [0.4, 0.5) is 5.69 Å². The molecule has 0 aromatic heterocycles. The average Bonchev–Trinajstić information content (AvgIpc) is 1.91. The number of nitrogens with two attached hydrogens (primary N) is 1. The molecule has 0 aliphatic rings. The maximum atomic E-state index is 10.3. The van der Waals surface area contributed by atoms with Gasteiger partial charge in [0.25, 0.3) is 0 Å². The Labute approximate surface area is 104 Å². The van der Waals surface area contributed by atoms with Crippen LogP contribution >= 0.6 is 7.82 Å². The zero-order valence-electron chi connectivity index (χ0n) is 8.54. The van der Waals surface area contributed by atoms with Crippen molar-refractivity contribution in [3.05, 3.63) is 24.3 Å². The van der Waals surface area contributed by atoms with Crippen LogP contribution in [-0.2, 0) is 4.57 Å². The summed E-state index contributed by atoms with van der Waals surface area (Å²) in [5.41, 5.74) is 5.85. The summed E-state index contributed by atoms with van der Waals surface area (Å²) >= 11 is 0. The van der Waals surface area contributed by atoms with Gasteiger partial charge in [0.05, 0.1) is 0 Å². The molecular weight excluding hydrogens is 220 g/mol. The monoisotopic (exact) mass is 231 g/mol. The van der Waals surface area contributed by atoms with Gasteiger partial charge in [-0.25, -0.2) is 4.57 Å². The van der Waals surface area contributed by atoms with Gasteiger partial charge in [-0.3, -0.25) is 9.79 Å². The zero-order chi connectivity index (χ0) is 9.19. The van der Waals surface area contributed by atoms with Crippen molar-refractivity contribution in [2.24, 2.45) is 0 Å². The van der Waals surface area contributed by atoms with Crippen LogP contribution in [0.1, 0.15) is 1.43 Å². The number of nitrogen functional groups attached to an aromatic ring is 1. The Kier molecular flexibility index (Phi) is 7.50. The number of rotatable bonds is 2. The molecule has 1 rings (SSSR count). The van der Waals surface area contributed by atoms with Crippen LogP contribution in [0.15, 0.2) is 24.3 Å². The Bertz CT molecular complexity index is 316. The van der Waals surface area contributed by atoms with E-state index in [-0.39, 0.29) is 42.2 Å². The molecular formula is C6H11NNaO5P. The minimum atomic E-state index is -4.44. The van der Waals surface area contributed by atoms with Crippen LogP contribution in [0.2, 0.25) is 0 Å². The largest absolute Gasteiger partial charge is 1.00 e. The second-order valence-corrected chi connectivity index (χ2v) is 3.31. The Balaban J connectivity index is -0.000000480. The molecule has 0 atom stereocenters. The topological polar surface area (TPSA) is 124 Å². The van der Waals surface area contributed by atoms with Crippen molar-refractivity contribution in [3.8, 4) is 5.75 Å². The Morgan fingerprint density at radius 3 is 2.07 bits per heavy atom. The summed E-state index contributed by atoms with van der Waals surface area (Å²) in [5.74, 6) is 0.0949. The first kappa shape index (κ1) is 16.4. The van der Waals surface area contributed by atoms with Crippen LogP contribution in [0, 0.1) is 0 Å². The minimum Gasteiger partial charge on any atom is -1.00 e. The summed E-state index contributed by atoms with van der Waals surface area (Å²) in [5, 5.41) is 0. The molecule has 0 saturated heterocycles. The van der Waals surface area contributed by atoms with Crippen LogP contribution in [0.3, 0.4) is 0 Å². The molecule has 0 saturated carbocycles. The third-order valence-electron chi connectivity index (χ3n) is 1.10. The molecule has 0 unspecified atom stereocenters. The molecule has 1 aromatic rings. The van der Waals surface area contributed by atoms with Crippen molar-refractivity contribution in [3.63, 3.8) is 0 Å². The molecule has 0 spiro atoms. The SMILES string of the molecule is Nc1ccc(OP(=O)(O)O)cc1.O.[H-].[Na+]. The van der Waals surface area contributed by atoms with E-state index in [9.17, 15) is 4.57 Å². The minimum absolute atomic E-state index is 0. The van der Waals surface area contributed by atoms with E-state index in [0.717, 1.165) is 0 Å². The van der Waals surface area contributed by atoms with Gasteiger partial charge in [-0.15, -0.1) is 0 Å². The molecule has 76 valence electrons. The first-order valence-electron chi connectivity index (χ1n) is 3.08.